The highest BCUT2D eigenvalue weighted by atomic mass is 19.3. The van der Waals surface area contributed by atoms with Gasteiger partial charge in [-0.1, -0.05) is 0 Å². The summed E-state index contributed by atoms with van der Waals surface area (Å²) in [6.07, 6.45) is -0.121. The van der Waals surface area contributed by atoms with E-state index in [4.69, 9.17) is 10.5 Å². The molecule has 2 aliphatic rings. The minimum Gasteiger partial charge on any atom is -0.373 e. The number of nitrogens with two attached hydrogens (primary N) is 1. The van der Waals surface area contributed by atoms with E-state index < -0.39 is 11.8 Å². The molecule has 1 aliphatic heterocycles. The zero-order valence-electron chi connectivity index (χ0n) is 13.5. The number of halogens is 2. The van der Waals surface area contributed by atoms with Crippen molar-refractivity contribution in [2.45, 2.75) is 37.7 Å². The van der Waals surface area contributed by atoms with Gasteiger partial charge < -0.3 is 15.4 Å². The number of hydrogen-bond donors (Lipinski definition) is 1. The average Bonchev–Trinajstić information content (AvgIpc) is 2.46. The molecule has 132 valence electrons. The number of carbonyl (C=O) groups is 2. The predicted molar refractivity (Wildman–Crippen MR) is 79.9 cm³/mol. The quantitative estimate of drug-likeness (QED) is 0.793. The van der Waals surface area contributed by atoms with Crippen LogP contribution < -0.4 is 5.73 Å². The first kappa shape index (κ1) is 18.1. The third-order valence-corrected chi connectivity index (χ3v) is 4.46. The number of morpholine rings is 1. The van der Waals surface area contributed by atoms with Crippen LogP contribution in [0.2, 0.25) is 0 Å². The fraction of sp³-hybridized carbons (Fsp3) is 0.867. The second-order valence-corrected chi connectivity index (χ2v) is 6.57. The van der Waals surface area contributed by atoms with Gasteiger partial charge in [-0.15, -0.1) is 0 Å². The Bertz CT molecular complexity index is 438. The van der Waals surface area contributed by atoms with Crippen LogP contribution in [0.1, 0.15) is 25.7 Å². The highest BCUT2D eigenvalue weighted by molar-refractivity contribution is 5.79. The molecule has 0 bridgehead atoms. The van der Waals surface area contributed by atoms with Crippen molar-refractivity contribution in [3.05, 3.63) is 0 Å². The van der Waals surface area contributed by atoms with Gasteiger partial charge in [0, 0.05) is 38.4 Å². The van der Waals surface area contributed by atoms with E-state index in [1.54, 1.807) is 16.8 Å². The maximum Gasteiger partial charge on any atom is 0.248 e. The molecule has 1 atom stereocenters. The van der Waals surface area contributed by atoms with E-state index in [9.17, 15) is 18.4 Å². The zero-order chi connectivity index (χ0) is 17.0. The van der Waals surface area contributed by atoms with Crippen molar-refractivity contribution in [2.24, 2.45) is 11.7 Å². The molecule has 2 rings (SSSR count). The molecule has 6 nitrogen and oxygen atoms in total. The Morgan fingerprint density at radius 1 is 1.35 bits per heavy atom. The molecule has 1 heterocycles. The first-order chi connectivity index (χ1) is 10.8. The minimum atomic E-state index is -2.62. The summed E-state index contributed by atoms with van der Waals surface area (Å²) < 4.78 is 32.0. The van der Waals surface area contributed by atoms with Gasteiger partial charge in [-0.2, -0.15) is 0 Å². The first-order valence-corrected chi connectivity index (χ1v) is 8.02. The van der Waals surface area contributed by atoms with Gasteiger partial charge >= 0.3 is 0 Å². The number of alkyl halides is 2. The Kier molecular flexibility index (Phi) is 5.91. The number of nitrogens with zero attached hydrogens (tertiary/aromatic N) is 2. The fourth-order valence-corrected chi connectivity index (χ4v) is 3.25. The number of primary amides is 1. The van der Waals surface area contributed by atoms with Gasteiger partial charge in [0.15, 0.2) is 0 Å². The van der Waals surface area contributed by atoms with E-state index in [0.29, 0.717) is 26.2 Å². The molecule has 23 heavy (non-hydrogen) atoms. The molecule has 1 aliphatic carbocycles. The maximum atomic E-state index is 13.2. The van der Waals surface area contributed by atoms with E-state index in [2.05, 4.69) is 0 Å². The molecule has 0 aromatic rings. The minimum absolute atomic E-state index is 0.0497. The second-order valence-electron chi connectivity index (χ2n) is 6.57. The molecule has 8 heteroatoms. The lowest BCUT2D eigenvalue weighted by atomic mass is 9.85. The summed E-state index contributed by atoms with van der Waals surface area (Å²) in [6.45, 7) is 1.96. The first-order valence-electron chi connectivity index (χ1n) is 8.02. The summed E-state index contributed by atoms with van der Waals surface area (Å²) in [6, 6.07) is 0. The number of ether oxygens (including phenoxy) is 1. The van der Waals surface area contributed by atoms with Crippen LogP contribution in [-0.4, -0.2) is 73.5 Å². The predicted octanol–water partition coefficient (Wildman–Crippen LogP) is 0.456. The lowest BCUT2D eigenvalue weighted by molar-refractivity contribution is -0.147. The fourth-order valence-electron chi connectivity index (χ4n) is 3.25. The summed E-state index contributed by atoms with van der Waals surface area (Å²) in [5.74, 6) is -3.40. The summed E-state index contributed by atoms with van der Waals surface area (Å²) in [5.41, 5.74) is 5.15. The average molecular weight is 333 g/mol. The van der Waals surface area contributed by atoms with Crippen LogP contribution in [0, 0.1) is 5.92 Å². The number of rotatable bonds is 5. The van der Waals surface area contributed by atoms with Crippen molar-refractivity contribution in [2.75, 3.05) is 39.8 Å². The zero-order valence-corrected chi connectivity index (χ0v) is 13.5. The molecular formula is C15H25F2N3O3. The largest absolute Gasteiger partial charge is 0.373 e. The van der Waals surface area contributed by atoms with Gasteiger partial charge in [-0.25, -0.2) is 8.78 Å². The monoisotopic (exact) mass is 333 g/mol. The van der Waals surface area contributed by atoms with Crippen molar-refractivity contribution in [3.63, 3.8) is 0 Å². The maximum absolute atomic E-state index is 13.2. The molecule has 1 saturated heterocycles. The number of amides is 2. The summed E-state index contributed by atoms with van der Waals surface area (Å²) in [5, 5.41) is 0. The van der Waals surface area contributed by atoms with Crippen molar-refractivity contribution in [1.82, 2.24) is 9.80 Å². The van der Waals surface area contributed by atoms with E-state index >= 15 is 0 Å². The number of likely N-dealkylation sites (N-methyl/N-ethyl adjacent to an activating group) is 1. The smallest absolute Gasteiger partial charge is 0.248 e. The molecule has 0 radical (unpaired) electrons. The molecule has 0 aromatic carbocycles. The summed E-state index contributed by atoms with van der Waals surface area (Å²) in [7, 11) is 1.76. The summed E-state index contributed by atoms with van der Waals surface area (Å²) >= 11 is 0. The van der Waals surface area contributed by atoms with Gasteiger partial charge in [-0.05, 0) is 19.9 Å². The van der Waals surface area contributed by atoms with Gasteiger partial charge in [0.2, 0.25) is 17.7 Å². The SMILES string of the molecule is CN(CC(N)=O)CC1CN(C(=O)C2CCC(F)(F)CC2)CCO1. The topological polar surface area (TPSA) is 75.9 Å². The van der Waals surface area contributed by atoms with Gasteiger partial charge in [0.1, 0.15) is 0 Å². The van der Waals surface area contributed by atoms with E-state index in [1.165, 1.54) is 0 Å². The number of carbonyl (C=O) groups excluding carboxylic acids is 2. The van der Waals surface area contributed by atoms with Crippen LogP contribution in [0.15, 0.2) is 0 Å². The molecule has 1 saturated carbocycles. The van der Waals surface area contributed by atoms with Crippen LogP contribution in [0.3, 0.4) is 0 Å². The van der Waals surface area contributed by atoms with Crippen molar-refractivity contribution < 1.29 is 23.1 Å². The van der Waals surface area contributed by atoms with E-state index in [1.807, 2.05) is 0 Å². The third kappa shape index (κ3) is 5.39. The Hall–Kier alpha value is -1.28. The highest BCUT2D eigenvalue weighted by Gasteiger charge is 2.39. The van der Waals surface area contributed by atoms with Crippen LogP contribution in [0.25, 0.3) is 0 Å². The molecule has 0 aromatic heterocycles. The van der Waals surface area contributed by atoms with Crippen molar-refractivity contribution in [1.29, 1.82) is 0 Å². The molecular weight excluding hydrogens is 308 g/mol. The molecule has 2 fully saturated rings. The van der Waals surface area contributed by atoms with Gasteiger partial charge in [0.05, 0.1) is 19.3 Å². The molecule has 1 unspecified atom stereocenters. The van der Waals surface area contributed by atoms with Gasteiger partial charge in [0.25, 0.3) is 0 Å². The lowest BCUT2D eigenvalue weighted by Gasteiger charge is -2.37. The Labute approximate surface area is 134 Å². The van der Waals surface area contributed by atoms with Crippen molar-refractivity contribution >= 4 is 11.8 Å². The molecule has 2 N–H and O–H groups in total. The molecule has 2 amide bonds. The summed E-state index contributed by atoms with van der Waals surface area (Å²) in [4.78, 5) is 26.9. The van der Waals surface area contributed by atoms with E-state index in [-0.39, 0.29) is 50.2 Å². The Morgan fingerprint density at radius 2 is 2.00 bits per heavy atom. The second kappa shape index (κ2) is 7.53. The Balaban J connectivity index is 1.83. The normalized spacial score (nSPS) is 25.6. The molecule has 0 spiro atoms. The standard InChI is InChI=1S/C15H25F2N3O3/c1-19(10-13(18)21)8-12-9-20(6-7-23-12)14(22)11-2-4-15(16,17)5-3-11/h11-12H,2-10H2,1H3,(H2,18,21). The number of hydrogen-bond acceptors (Lipinski definition) is 4. The van der Waals surface area contributed by atoms with Crippen LogP contribution in [-0.2, 0) is 14.3 Å². The lowest BCUT2D eigenvalue weighted by Crippen LogP contribution is -2.51. The van der Waals surface area contributed by atoms with E-state index in [0.717, 1.165) is 0 Å². The third-order valence-electron chi connectivity index (χ3n) is 4.46. The van der Waals surface area contributed by atoms with Crippen LogP contribution >= 0.6 is 0 Å². The highest BCUT2D eigenvalue weighted by Crippen LogP contribution is 2.37. The Morgan fingerprint density at radius 3 is 2.61 bits per heavy atom. The van der Waals surface area contributed by atoms with Crippen LogP contribution in [0.4, 0.5) is 8.78 Å². The van der Waals surface area contributed by atoms with Crippen molar-refractivity contribution in [3.8, 4) is 0 Å². The van der Waals surface area contributed by atoms with Crippen LogP contribution in [0.5, 0.6) is 0 Å². The van der Waals surface area contributed by atoms with Gasteiger partial charge in [-0.3, -0.25) is 14.5 Å².